The second kappa shape index (κ2) is 7.13. The Kier molecular flexibility index (Phi) is 5.70. The fourth-order valence-electron chi connectivity index (χ4n) is 2.87. The minimum absolute atomic E-state index is 0.231. The van der Waals surface area contributed by atoms with Gasteiger partial charge in [0, 0.05) is 23.1 Å². The molecule has 0 spiro atoms. The van der Waals surface area contributed by atoms with Crippen LogP contribution in [0.2, 0.25) is 5.02 Å². The zero-order valence-corrected chi connectivity index (χ0v) is 14.4. The second-order valence-electron chi connectivity index (χ2n) is 7.16. The highest BCUT2D eigenvalue weighted by Gasteiger charge is 2.48. The van der Waals surface area contributed by atoms with E-state index in [9.17, 15) is 0 Å². The van der Waals surface area contributed by atoms with E-state index in [0.29, 0.717) is 18.1 Å². The van der Waals surface area contributed by atoms with E-state index in [4.69, 9.17) is 16.3 Å². The molecule has 0 heterocycles. The minimum atomic E-state index is 0.231. The fraction of sp³-hybridized carbons (Fsp3) is 0.667. The molecule has 21 heavy (non-hydrogen) atoms. The van der Waals surface area contributed by atoms with Crippen molar-refractivity contribution in [2.75, 3.05) is 13.2 Å². The Bertz CT molecular complexity index is 441. The summed E-state index contributed by atoms with van der Waals surface area (Å²) >= 11 is 5.90. The zero-order chi connectivity index (χ0) is 15.5. The van der Waals surface area contributed by atoms with Crippen LogP contribution in [0.5, 0.6) is 0 Å². The van der Waals surface area contributed by atoms with Crippen LogP contribution < -0.4 is 5.32 Å². The van der Waals surface area contributed by atoms with Gasteiger partial charge in [0.1, 0.15) is 0 Å². The van der Waals surface area contributed by atoms with Crippen molar-refractivity contribution < 1.29 is 4.74 Å². The molecule has 0 aliphatic heterocycles. The van der Waals surface area contributed by atoms with Crippen molar-refractivity contribution in [2.24, 2.45) is 11.3 Å². The van der Waals surface area contributed by atoms with Crippen molar-refractivity contribution in [3.63, 3.8) is 0 Å². The SMILES string of the molecule is CC(C)COC1CC(NCCc2ccc(Cl)cc2)C1(C)C. The smallest absolute Gasteiger partial charge is 0.0656 e. The van der Waals surface area contributed by atoms with Crippen LogP contribution >= 0.6 is 11.6 Å². The van der Waals surface area contributed by atoms with Crippen LogP contribution in [0.1, 0.15) is 39.7 Å². The van der Waals surface area contributed by atoms with E-state index in [2.05, 4.69) is 45.1 Å². The van der Waals surface area contributed by atoms with Crippen molar-refractivity contribution >= 4 is 11.6 Å². The molecular weight excluding hydrogens is 282 g/mol. The zero-order valence-electron chi connectivity index (χ0n) is 13.7. The third-order valence-corrected chi connectivity index (χ3v) is 4.78. The first-order chi connectivity index (χ1) is 9.89. The molecule has 1 saturated carbocycles. The first-order valence-electron chi connectivity index (χ1n) is 7.99. The Balaban J connectivity index is 1.71. The Labute approximate surface area is 134 Å². The predicted octanol–water partition coefficient (Wildman–Crippen LogP) is 4.31. The number of ether oxygens (including phenoxy) is 1. The molecule has 1 aromatic rings. The highest BCUT2D eigenvalue weighted by Crippen LogP contribution is 2.42. The van der Waals surface area contributed by atoms with Crippen LogP contribution in [0, 0.1) is 11.3 Å². The summed E-state index contributed by atoms with van der Waals surface area (Å²) in [7, 11) is 0. The Hall–Kier alpha value is -0.570. The average Bonchev–Trinajstić information content (AvgIpc) is 2.42. The monoisotopic (exact) mass is 309 g/mol. The van der Waals surface area contributed by atoms with Gasteiger partial charge >= 0.3 is 0 Å². The van der Waals surface area contributed by atoms with Gasteiger partial charge in [0.15, 0.2) is 0 Å². The molecule has 1 fully saturated rings. The maximum absolute atomic E-state index is 6.01. The van der Waals surface area contributed by atoms with Gasteiger partial charge in [-0.25, -0.2) is 0 Å². The Morgan fingerprint density at radius 2 is 1.95 bits per heavy atom. The summed E-state index contributed by atoms with van der Waals surface area (Å²) in [5, 5.41) is 4.48. The summed E-state index contributed by atoms with van der Waals surface area (Å²) in [5.74, 6) is 0.609. The molecule has 0 aromatic heterocycles. The standard InChI is InChI=1S/C18H28ClNO/c1-13(2)12-21-17-11-16(18(17,3)4)20-10-9-14-5-7-15(19)8-6-14/h5-8,13,16-17,20H,9-12H2,1-4H3. The van der Waals surface area contributed by atoms with Crippen molar-refractivity contribution in [3.05, 3.63) is 34.9 Å². The van der Waals surface area contributed by atoms with Gasteiger partial charge in [0.2, 0.25) is 0 Å². The van der Waals surface area contributed by atoms with Gasteiger partial charge < -0.3 is 10.1 Å². The summed E-state index contributed by atoms with van der Waals surface area (Å²) in [6.45, 7) is 10.9. The molecule has 118 valence electrons. The lowest BCUT2D eigenvalue weighted by atomic mass is 9.64. The molecule has 0 amide bonds. The molecule has 2 nitrogen and oxygen atoms in total. The van der Waals surface area contributed by atoms with Gasteiger partial charge in [-0.1, -0.05) is 51.4 Å². The molecule has 0 saturated heterocycles. The molecule has 0 bridgehead atoms. The van der Waals surface area contributed by atoms with Crippen molar-refractivity contribution in [1.82, 2.24) is 5.32 Å². The number of benzene rings is 1. The van der Waals surface area contributed by atoms with E-state index in [1.165, 1.54) is 5.56 Å². The summed E-state index contributed by atoms with van der Waals surface area (Å²) in [4.78, 5) is 0. The predicted molar refractivity (Wildman–Crippen MR) is 89.9 cm³/mol. The molecule has 1 aliphatic carbocycles. The fourth-order valence-corrected chi connectivity index (χ4v) is 2.99. The van der Waals surface area contributed by atoms with Crippen LogP contribution in [0.15, 0.2) is 24.3 Å². The first-order valence-corrected chi connectivity index (χ1v) is 8.37. The number of nitrogens with one attached hydrogen (secondary N) is 1. The van der Waals surface area contributed by atoms with E-state index in [-0.39, 0.29) is 5.41 Å². The lowest BCUT2D eigenvalue weighted by molar-refractivity contribution is -0.123. The normalized spacial score (nSPS) is 24.1. The van der Waals surface area contributed by atoms with E-state index < -0.39 is 0 Å². The average molecular weight is 310 g/mol. The molecule has 2 rings (SSSR count). The molecular formula is C18H28ClNO. The third kappa shape index (κ3) is 4.45. The van der Waals surface area contributed by atoms with Crippen molar-refractivity contribution in [2.45, 2.75) is 52.7 Å². The van der Waals surface area contributed by atoms with Crippen LogP contribution in [-0.4, -0.2) is 25.3 Å². The molecule has 0 radical (unpaired) electrons. The van der Waals surface area contributed by atoms with Crippen molar-refractivity contribution in [1.29, 1.82) is 0 Å². The summed E-state index contributed by atoms with van der Waals surface area (Å²) in [5.41, 5.74) is 1.56. The minimum Gasteiger partial charge on any atom is -0.377 e. The maximum Gasteiger partial charge on any atom is 0.0656 e. The quantitative estimate of drug-likeness (QED) is 0.810. The van der Waals surface area contributed by atoms with Crippen molar-refractivity contribution in [3.8, 4) is 0 Å². The van der Waals surface area contributed by atoms with E-state index in [1.54, 1.807) is 0 Å². The van der Waals surface area contributed by atoms with Gasteiger partial charge in [-0.2, -0.15) is 0 Å². The number of hydrogen-bond acceptors (Lipinski definition) is 2. The lowest BCUT2D eigenvalue weighted by Gasteiger charge is -2.52. The van der Waals surface area contributed by atoms with Gasteiger partial charge in [0.05, 0.1) is 6.10 Å². The van der Waals surface area contributed by atoms with Crippen LogP contribution in [0.3, 0.4) is 0 Å². The Morgan fingerprint density at radius 3 is 2.52 bits per heavy atom. The highest BCUT2D eigenvalue weighted by atomic mass is 35.5. The lowest BCUT2D eigenvalue weighted by Crippen LogP contribution is -2.61. The number of hydrogen-bond donors (Lipinski definition) is 1. The second-order valence-corrected chi connectivity index (χ2v) is 7.59. The molecule has 1 aromatic carbocycles. The van der Waals surface area contributed by atoms with Crippen LogP contribution in [-0.2, 0) is 11.2 Å². The van der Waals surface area contributed by atoms with E-state index in [0.717, 1.165) is 31.0 Å². The van der Waals surface area contributed by atoms with Crippen LogP contribution in [0.4, 0.5) is 0 Å². The van der Waals surface area contributed by atoms with E-state index >= 15 is 0 Å². The summed E-state index contributed by atoms with van der Waals surface area (Å²) in [6.07, 6.45) is 2.56. The molecule has 3 heteroatoms. The largest absolute Gasteiger partial charge is 0.377 e. The van der Waals surface area contributed by atoms with Gasteiger partial charge in [-0.15, -0.1) is 0 Å². The summed E-state index contributed by atoms with van der Waals surface area (Å²) in [6, 6.07) is 8.68. The van der Waals surface area contributed by atoms with Crippen LogP contribution in [0.25, 0.3) is 0 Å². The number of rotatable bonds is 7. The van der Waals surface area contributed by atoms with Gasteiger partial charge in [0.25, 0.3) is 0 Å². The van der Waals surface area contributed by atoms with Gasteiger partial charge in [-0.3, -0.25) is 0 Å². The highest BCUT2D eigenvalue weighted by molar-refractivity contribution is 6.30. The molecule has 2 atom stereocenters. The summed E-state index contributed by atoms with van der Waals surface area (Å²) < 4.78 is 6.01. The third-order valence-electron chi connectivity index (χ3n) is 4.53. The molecule has 1 N–H and O–H groups in total. The number of halogens is 1. The maximum atomic E-state index is 6.01. The molecule has 1 aliphatic rings. The topological polar surface area (TPSA) is 21.3 Å². The first kappa shape index (κ1) is 16.8. The van der Waals surface area contributed by atoms with E-state index in [1.807, 2.05) is 12.1 Å². The molecule has 2 unspecified atom stereocenters. The van der Waals surface area contributed by atoms with Gasteiger partial charge in [-0.05, 0) is 43.0 Å². The Morgan fingerprint density at radius 1 is 1.29 bits per heavy atom.